The Morgan fingerprint density at radius 2 is 1.68 bits per heavy atom. The number of carbonyl (C=O) groups excluding carboxylic acids is 2. The third kappa shape index (κ3) is 7.41. The van der Waals surface area contributed by atoms with Crippen molar-refractivity contribution in [1.29, 1.82) is 0 Å². The normalized spacial score (nSPS) is 20.0. The number of hydrogen-bond donors (Lipinski definition) is 2. The minimum absolute atomic E-state index is 0.0912. The molecule has 10 nitrogen and oxygen atoms in total. The number of carbonyl (C=O) groups is 3. The van der Waals surface area contributed by atoms with Gasteiger partial charge >= 0.3 is 12.1 Å². The van der Waals surface area contributed by atoms with E-state index in [-0.39, 0.29) is 17.9 Å². The summed E-state index contributed by atoms with van der Waals surface area (Å²) in [6, 6.07) is 3.35. The zero-order valence-corrected chi connectivity index (χ0v) is 22.4. The van der Waals surface area contributed by atoms with Crippen LogP contribution in [-0.2, 0) is 28.6 Å². The largest absolute Gasteiger partial charge is 0.480 e. The van der Waals surface area contributed by atoms with Crippen LogP contribution in [0.3, 0.4) is 0 Å². The smallest absolute Gasteiger partial charge is 0.408 e. The van der Waals surface area contributed by atoms with Gasteiger partial charge in [0.15, 0.2) is 0 Å². The first-order chi connectivity index (χ1) is 15.4. The van der Waals surface area contributed by atoms with Gasteiger partial charge in [-0.1, -0.05) is 36.7 Å². The Balaban J connectivity index is 2.25. The molecule has 1 aliphatic heterocycles. The summed E-state index contributed by atoms with van der Waals surface area (Å²) in [6.45, 7) is 9.90. The fourth-order valence-corrected chi connectivity index (χ4v) is 4.76. The molecule has 1 saturated heterocycles. The van der Waals surface area contributed by atoms with Gasteiger partial charge in [-0.15, -0.1) is 0 Å². The summed E-state index contributed by atoms with van der Waals surface area (Å²) < 4.78 is 36.5. The van der Waals surface area contributed by atoms with Crippen LogP contribution in [0.4, 0.5) is 4.79 Å². The SMILES string of the molecule is CC(C)(C)OC(=O)N[C@H](C(=O)N1C[C@H](OS(=O)(=O)c2ccc(Br)cc2)C[C@H]1C(=O)O)C(C)(C)C. The van der Waals surface area contributed by atoms with Gasteiger partial charge in [0.05, 0.1) is 11.0 Å². The molecule has 0 radical (unpaired) electrons. The van der Waals surface area contributed by atoms with Crippen LogP contribution in [-0.4, -0.2) is 66.7 Å². The van der Waals surface area contributed by atoms with Crippen molar-refractivity contribution >= 4 is 44.0 Å². The van der Waals surface area contributed by atoms with Gasteiger partial charge in [-0.05, 0) is 50.5 Å². The molecule has 0 bridgehead atoms. The van der Waals surface area contributed by atoms with Crippen LogP contribution < -0.4 is 5.32 Å². The van der Waals surface area contributed by atoms with Crippen molar-refractivity contribution in [3.63, 3.8) is 0 Å². The van der Waals surface area contributed by atoms with Gasteiger partial charge in [-0.3, -0.25) is 8.98 Å². The fourth-order valence-electron chi connectivity index (χ4n) is 3.42. The van der Waals surface area contributed by atoms with Gasteiger partial charge in [0, 0.05) is 17.4 Å². The first kappa shape index (κ1) is 28.1. The number of carboxylic acids is 1. The van der Waals surface area contributed by atoms with E-state index in [1.165, 1.54) is 24.3 Å². The second-order valence-corrected chi connectivity index (χ2v) is 12.6. The molecule has 0 aromatic heterocycles. The molecule has 0 aliphatic carbocycles. The number of carboxylic acid groups (broad SMARTS) is 1. The molecule has 12 heteroatoms. The Hall–Kier alpha value is -2.18. The van der Waals surface area contributed by atoms with Gasteiger partial charge in [-0.25, -0.2) is 9.59 Å². The molecule has 1 fully saturated rings. The van der Waals surface area contributed by atoms with Crippen LogP contribution in [0.5, 0.6) is 0 Å². The van der Waals surface area contributed by atoms with E-state index in [2.05, 4.69) is 21.2 Å². The number of alkyl carbamates (subject to hydrolysis) is 1. The molecule has 0 spiro atoms. The van der Waals surface area contributed by atoms with Crippen LogP contribution in [0.15, 0.2) is 33.6 Å². The number of hydrogen-bond acceptors (Lipinski definition) is 7. The van der Waals surface area contributed by atoms with Gasteiger partial charge < -0.3 is 20.1 Å². The Morgan fingerprint density at radius 3 is 2.15 bits per heavy atom. The molecule has 190 valence electrons. The number of likely N-dealkylation sites (tertiary alicyclic amines) is 1. The molecule has 1 aliphatic rings. The van der Waals surface area contributed by atoms with Crippen LogP contribution in [0.1, 0.15) is 48.0 Å². The first-order valence-electron chi connectivity index (χ1n) is 10.6. The van der Waals surface area contributed by atoms with E-state index in [0.717, 1.165) is 4.90 Å². The number of aliphatic carboxylic acids is 1. The number of rotatable bonds is 6. The van der Waals surface area contributed by atoms with E-state index in [1.807, 2.05) is 0 Å². The lowest BCUT2D eigenvalue weighted by molar-refractivity contribution is -0.150. The van der Waals surface area contributed by atoms with Crippen LogP contribution >= 0.6 is 15.9 Å². The highest BCUT2D eigenvalue weighted by atomic mass is 79.9. The van der Waals surface area contributed by atoms with E-state index in [0.29, 0.717) is 4.47 Å². The van der Waals surface area contributed by atoms with Gasteiger partial charge in [0.2, 0.25) is 5.91 Å². The number of halogens is 1. The van der Waals surface area contributed by atoms with Crippen molar-refractivity contribution in [2.24, 2.45) is 5.41 Å². The average molecular weight is 563 g/mol. The minimum atomic E-state index is -4.19. The quantitative estimate of drug-likeness (QED) is 0.504. The molecular weight excluding hydrogens is 532 g/mol. The molecule has 34 heavy (non-hydrogen) atoms. The van der Waals surface area contributed by atoms with Gasteiger partial charge in [0.1, 0.15) is 17.7 Å². The van der Waals surface area contributed by atoms with E-state index in [4.69, 9.17) is 8.92 Å². The minimum Gasteiger partial charge on any atom is -0.480 e. The fraction of sp³-hybridized carbons (Fsp3) is 0.591. The monoisotopic (exact) mass is 562 g/mol. The maximum atomic E-state index is 13.4. The lowest BCUT2D eigenvalue weighted by atomic mass is 9.85. The van der Waals surface area contributed by atoms with Gasteiger partial charge in [0.25, 0.3) is 10.1 Å². The summed E-state index contributed by atoms with van der Waals surface area (Å²) in [5.74, 6) is -1.97. The second-order valence-electron chi connectivity index (χ2n) is 10.2. The Kier molecular flexibility index (Phi) is 8.42. The summed E-state index contributed by atoms with van der Waals surface area (Å²) in [5.41, 5.74) is -1.59. The highest BCUT2D eigenvalue weighted by Gasteiger charge is 2.46. The number of ether oxygens (including phenoxy) is 1. The summed E-state index contributed by atoms with van der Waals surface area (Å²) in [5, 5.41) is 12.2. The molecular formula is C22H31BrN2O8S. The lowest BCUT2D eigenvalue weighted by Gasteiger charge is -2.35. The molecule has 1 aromatic carbocycles. The maximum Gasteiger partial charge on any atom is 0.408 e. The molecule has 2 N–H and O–H groups in total. The van der Waals surface area contributed by atoms with E-state index in [9.17, 15) is 27.9 Å². The summed E-state index contributed by atoms with van der Waals surface area (Å²) in [7, 11) is -4.19. The highest BCUT2D eigenvalue weighted by molar-refractivity contribution is 9.10. The number of benzene rings is 1. The zero-order chi connectivity index (χ0) is 26.1. The molecule has 0 saturated carbocycles. The molecule has 1 heterocycles. The summed E-state index contributed by atoms with van der Waals surface area (Å²) in [6.07, 6.45) is -2.11. The number of amides is 2. The van der Waals surface area contributed by atoms with Crippen molar-refractivity contribution in [3.05, 3.63) is 28.7 Å². The van der Waals surface area contributed by atoms with E-state index < -0.39 is 57.3 Å². The third-order valence-electron chi connectivity index (χ3n) is 4.97. The van der Waals surface area contributed by atoms with Crippen LogP contribution in [0, 0.1) is 5.41 Å². The Bertz CT molecular complexity index is 1030. The van der Waals surface area contributed by atoms with Gasteiger partial charge in [-0.2, -0.15) is 8.42 Å². The highest BCUT2D eigenvalue weighted by Crippen LogP contribution is 2.29. The zero-order valence-electron chi connectivity index (χ0n) is 20.0. The Labute approximate surface area is 208 Å². The van der Waals surface area contributed by atoms with Crippen molar-refractivity contribution in [2.45, 2.75) is 76.6 Å². The van der Waals surface area contributed by atoms with Crippen molar-refractivity contribution in [1.82, 2.24) is 10.2 Å². The van der Waals surface area contributed by atoms with Crippen molar-refractivity contribution in [2.75, 3.05) is 6.54 Å². The maximum absolute atomic E-state index is 13.4. The topological polar surface area (TPSA) is 139 Å². The second kappa shape index (κ2) is 10.2. The first-order valence-corrected chi connectivity index (χ1v) is 12.8. The summed E-state index contributed by atoms with van der Waals surface area (Å²) in [4.78, 5) is 38.6. The number of nitrogens with one attached hydrogen (secondary N) is 1. The lowest BCUT2D eigenvalue weighted by Crippen LogP contribution is -2.57. The molecule has 0 unspecified atom stereocenters. The predicted octanol–water partition coefficient (Wildman–Crippen LogP) is 3.15. The Morgan fingerprint density at radius 1 is 1.12 bits per heavy atom. The van der Waals surface area contributed by atoms with Crippen LogP contribution in [0.2, 0.25) is 0 Å². The third-order valence-corrected chi connectivity index (χ3v) is 6.87. The number of nitrogens with zero attached hydrogens (tertiary/aromatic N) is 1. The molecule has 3 atom stereocenters. The standard InChI is InChI=1S/C22H31BrN2O8S/c1-21(2,3)17(24-20(29)32-22(4,5)6)18(26)25-12-14(11-16(25)19(27)28)33-34(30,31)15-9-7-13(23)8-10-15/h7-10,14,16-17H,11-12H2,1-6H3,(H,24,29)(H,27,28)/t14-,16+,17-/m1/s1. The molecule has 2 amide bonds. The van der Waals surface area contributed by atoms with Crippen molar-refractivity contribution in [3.8, 4) is 0 Å². The van der Waals surface area contributed by atoms with Crippen molar-refractivity contribution < 1.29 is 36.8 Å². The summed E-state index contributed by atoms with van der Waals surface area (Å²) >= 11 is 3.23. The molecule has 2 rings (SSSR count). The average Bonchev–Trinajstić information content (AvgIpc) is 3.07. The van der Waals surface area contributed by atoms with E-state index >= 15 is 0 Å². The predicted molar refractivity (Wildman–Crippen MR) is 127 cm³/mol. The van der Waals surface area contributed by atoms with Crippen LogP contribution in [0.25, 0.3) is 0 Å². The van der Waals surface area contributed by atoms with E-state index in [1.54, 1.807) is 41.5 Å². The molecule has 1 aromatic rings.